The van der Waals surface area contributed by atoms with Crippen molar-refractivity contribution in [2.75, 3.05) is 7.11 Å². The van der Waals surface area contributed by atoms with Crippen molar-refractivity contribution >= 4 is 5.97 Å². The first-order valence-corrected chi connectivity index (χ1v) is 7.80. The van der Waals surface area contributed by atoms with Crippen molar-refractivity contribution in [1.82, 2.24) is 0 Å². The molecule has 1 aromatic rings. The van der Waals surface area contributed by atoms with Gasteiger partial charge in [0.1, 0.15) is 0 Å². The van der Waals surface area contributed by atoms with Gasteiger partial charge in [0.2, 0.25) is 11.6 Å². The Hall–Kier alpha value is -1.65. The molecule has 1 saturated carbocycles. The van der Waals surface area contributed by atoms with E-state index in [-0.39, 0.29) is 17.4 Å². The molecule has 0 aliphatic heterocycles. The molecular weight excluding hydrogens is 290 g/mol. The number of carbonyl (C=O) groups excluding carboxylic acids is 1. The summed E-state index contributed by atoms with van der Waals surface area (Å²) in [6.45, 7) is 2.15. The van der Waals surface area contributed by atoms with Crippen LogP contribution >= 0.6 is 0 Å². The molecule has 122 valence electrons. The summed E-state index contributed by atoms with van der Waals surface area (Å²) in [6, 6.07) is 2.47. The molecule has 0 bridgehead atoms. The molecule has 1 fully saturated rings. The molecule has 1 aromatic carbocycles. The molecule has 0 atom stereocenters. The summed E-state index contributed by atoms with van der Waals surface area (Å²) in [6.07, 6.45) is 5.82. The van der Waals surface area contributed by atoms with Crippen LogP contribution in [-0.4, -0.2) is 13.1 Å². The zero-order chi connectivity index (χ0) is 16.1. The number of methoxy groups -OCH3 is 1. The first-order valence-electron chi connectivity index (χ1n) is 7.80. The number of halogens is 2. The van der Waals surface area contributed by atoms with Crippen LogP contribution in [0.1, 0.15) is 45.4 Å². The quantitative estimate of drug-likeness (QED) is 0.594. The summed E-state index contributed by atoms with van der Waals surface area (Å²) < 4.78 is 37.1. The Balaban J connectivity index is 1.97. The Morgan fingerprint density at radius 3 is 2.32 bits per heavy atom. The van der Waals surface area contributed by atoms with Gasteiger partial charge in [-0.15, -0.1) is 0 Å². The van der Waals surface area contributed by atoms with E-state index in [0.717, 1.165) is 32.1 Å². The molecule has 0 amide bonds. The summed E-state index contributed by atoms with van der Waals surface area (Å²) in [7, 11) is 1.25. The van der Waals surface area contributed by atoms with E-state index in [4.69, 9.17) is 4.74 Å². The summed E-state index contributed by atoms with van der Waals surface area (Å²) in [5, 5.41) is 0. The lowest BCUT2D eigenvalue weighted by atomic mass is 9.80. The third-order valence-electron chi connectivity index (χ3n) is 4.32. The van der Waals surface area contributed by atoms with Gasteiger partial charge in [-0.2, -0.15) is 8.78 Å². The third-order valence-corrected chi connectivity index (χ3v) is 4.32. The zero-order valence-corrected chi connectivity index (χ0v) is 13.0. The molecule has 3 nitrogen and oxygen atoms in total. The van der Waals surface area contributed by atoms with Crippen LogP contribution in [0.5, 0.6) is 11.5 Å². The fourth-order valence-corrected chi connectivity index (χ4v) is 3.04. The predicted octanol–water partition coefficient (Wildman–Crippen LogP) is 4.49. The fourth-order valence-electron chi connectivity index (χ4n) is 3.04. The zero-order valence-electron chi connectivity index (χ0n) is 13.0. The SMILES string of the molecule is CCCC1CCC(C(=O)Oc2ccc(OC)c(F)c2F)CC1. The topological polar surface area (TPSA) is 35.5 Å². The summed E-state index contributed by atoms with van der Waals surface area (Å²) in [5.41, 5.74) is 0. The van der Waals surface area contributed by atoms with Crippen LogP contribution < -0.4 is 9.47 Å². The Labute approximate surface area is 129 Å². The smallest absolute Gasteiger partial charge is 0.314 e. The number of esters is 1. The van der Waals surface area contributed by atoms with Gasteiger partial charge >= 0.3 is 5.97 Å². The molecule has 5 heteroatoms. The van der Waals surface area contributed by atoms with Crippen LogP contribution in [0.2, 0.25) is 0 Å². The number of hydrogen-bond donors (Lipinski definition) is 0. The van der Waals surface area contributed by atoms with Gasteiger partial charge in [0.15, 0.2) is 11.5 Å². The Morgan fingerprint density at radius 1 is 1.14 bits per heavy atom. The summed E-state index contributed by atoms with van der Waals surface area (Å²) in [4.78, 5) is 12.1. The second kappa shape index (κ2) is 7.56. The molecule has 0 heterocycles. The highest BCUT2D eigenvalue weighted by Gasteiger charge is 2.28. The van der Waals surface area contributed by atoms with E-state index < -0.39 is 17.6 Å². The second-order valence-corrected chi connectivity index (χ2v) is 5.82. The van der Waals surface area contributed by atoms with E-state index in [1.807, 2.05) is 0 Å². The molecule has 0 saturated heterocycles. The lowest BCUT2D eigenvalue weighted by Crippen LogP contribution is -2.26. The number of ether oxygens (including phenoxy) is 2. The van der Waals surface area contributed by atoms with E-state index in [1.165, 1.54) is 25.7 Å². The number of benzene rings is 1. The van der Waals surface area contributed by atoms with Crippen molar-refractivity contribution in [3.05, 3.63) is 23.8 Å². The van der Waals surface area contributed by atoms with Crippen molar-refractivity contribution < 1.29 is 23.0 Å². The lowest BCUT2D eigenvalue weighted by molar-refractivity contribution is -0.140. The number of hydrogen-bond acceptors (Lipinski definition) is 3. The van der Waals surface area contributed by atoms with Gasteiger partial charge in [0, 0.05) is 0 Å². The molecule has 22 heavy (non-hydrogen) atoms. The first-order chi connectivity index (χ1) is 10.6. The summed E-state index contributed by atoms with van der Waals surface area (Å²) in [5.74, 6) is -2.94. The first kappa shape index (κ1) is 16.7. The van der Waals surface area contributed by atoms with Crippen LogP contribution in [-0.2, 0) is 4.79 Å². The Bertz CT molecular complexity index is 523. The highest BCUT2D eigenvalue weighted by Crippen LogP contribution is 2.33. The van der Waals surface area contributed by atoms with E-state index in [1.54, 1.807) is 0 Å². The highest BCUT2D eigenvalue weighted by atomic mass is 19.2. The van der Waals surface area contributed by atoms with Gasteiger partial charge in [0.05, 0.1) is 13.0 Å². The molecule has 0 radical (unpaired) electrons. The second-order valence-electron chi connectivity index (χ2n) is 5.82. The van der Waals surface area contributed by atoms with E-state index in [0.29, 0.717) is 5.92 Å². The van der Waals surface area contributed by atoms with Gasteiger partial charge < -0.3 is 9.47 Å². The van der Waals surface area contributed by atoms with Gasteiger partial charge in [-0.3, -0.25) is 4.79 Å². The number of carbonyl (C=O) groups is 1. The van der Waals surface area contributed by atoms with Crippen molar-refractivity contribution in [3.63, 3.8) is 0 Å². The minimum absolute atomic E-state index is 0.211. The van der Waals surface area contributed by atoms with Gasteiger partial charge in [-0.05, 0) is 43.7 Å². The van der Waals surface area contributed by atoms with Gasteiger partial charge in [-0.25, -0.2) is 0 Å². The van der Waals surface area contributed by atoms with Crippen molar-refractivity contribution in [2.24, 2.45) is 11.8 Å². The minimum Gasteiger partial charge on any atom is -0.494 e. The summed E-state index contributed by atoms with van der Waals surface area (Å²) >= 11 is 0. The molecule has 0 aromatic heterocycles. The van der Waals surface area contributed by atoms with Crippen molar-refractivity contribution in [2.45, 2.75) is 45.4 Å². The lowest BCUT2D eigenvalue weighted by Gasteiger charge is -2.26. The molecule has 0 spiro atoms. The molecule has 0 unspecified atom stereocenters. The normalized spacial score (nSPS) is 21.5. The highest BCUT2D eigenvalue weighted by molar-refractivity contribution is 5.75. The largest absolute Gasteiger partial charge is 0.494 e. The predicted molar refractivity (Wildman–Crippen MR) is 78.9 cm³/mol. The maximum absolute atomic E-state index is 13.8. The van der Waals surface area contributed by atoms with Crippen LogP contribution in [0, 0.1) is 23.5 Å². The Kier molecular flexibility index (Phi) is 5.75. The average Bonchev–Trinajstić information content (AvgIpc) is 2.53. The van der Waals surface area contributed by atoms with Gasteiger partial charge in [0.25, 0.3) is 0 Å². The third kappa shape index (κ3) is 3.76. The van der Waals surface area contributed by atoms with E-state index in [9.17, 15) is 13.6 Å². The molecule has 1 aliphatic rings. The van der Waals surface area contributed by atoms with Crippen LogP contribution in [0.4, 0.5) is 8.78 Å². The van der Waals surface area contributed by atoms with Crippen LogP contribution in [0.3, 0.4) is 0 Å². The van der Waals surface area contributed by atoms with Crippen molar-refractivity contribution in [3.8, 4) is 11.5 Å². The average molecular weight is 312 g/mol. The minimum atomic E-state index is -1.19. The molecule has 0 N–H and O–H groups in total. The number of rotatable bonds is 5. The molecule has 2 rings (SSSR count). The standard InChI is InChI=1S/C17H22F2O3/c1-3-4-11-5-7-12(8-6-11)17(20)22-14-10-9-13(21-2)15(18)16(14)19/h9-12H,3-8H2,1-2H3. The maximum atomic E-state index is 13.8. The molecular formula is C17H22F2O3. The van der Waals surface area contributed by atoms with Gasteiger partial charge in [-0.1, -0.05) is 19.8 Å². The maximum Gasteiger partial charge on any atom is 0.314 e. The van der Waals surface area contributed by atoms with Crippen LogP contribution in [0.15, 0.2) is 12.1 Å². The fraction of sp³-hybridized carbons (Fsp3) is 0.588. The monoisotopic (exact) mass is 312 g/mol. The van der Waals surface area contributed by atoms with Crippen LogP contribution in [0.25, 0.3) is 0 Å². The van der Waals surface area contributed by atoms with E-state index >= 15 is 0 Å². The van der Waals surface area contributed by atoms with E-state index in [2.05, 4.69) is 11.7 Å². The Morgan fingerprint density at radius 2 is 1.73 bits per heavy atom. The van der Waals surface area contributed by atoms with Crippen molar-refractivity contribution in [1.29, 1.82) is 0 Å². The molecule has 1 aliphatic carbocycles.